The van der Waals surface area contributed by atoms with Gasteiger partial charge in [-0.25, -0.2) is 4.98 Å². The van der Waals surface area contributed by atoms with Crippen LogP contribution in [0.5, 0.6) is 0 Å². The fourth-order valence-electron chi connectivity index (χ4n) is 2.40. The summed E-state index contributed by atoms with van der Waals surface area (Å²) < 4.78 is 2.02. The summed E-state index contributed by atoms with van der Waals surface area (Å²) in [5.41, 5.74) is 2.57. The van der Waals surface area contributed by atoms with Crippen LogP contribution in [0.3, 0.4) is 0 Å². The van der Waals surface area contributed by atoms with Crippen LogP contribution >= 0.6 is 0 Å². The zero-order valence-corrected chi connectivity index (χ0v) is 11.2. The lowest BCUT2D eigenvalue weighted by atomic mass is 9.81. The molecule has 2 rings (SSSR count). The van der Waals surface area contributed by atoms with Gasteiger partial charge in [-0.05, 0) is 18.6 Å². The predicted molar refractivity (Wildman–Crippen MR) is 70.7 cm³/mol. The van der Waals surface area contributed by atoms with Gasteiger partial charge in [-0.3, -0.25) is 4.79 Å². The van der Waals surface area contributed by atoms with Crippen LogP contribution in [0.2, 0.25) is 0 Å². The van der Waals surface area contributed by atoms with Crippen LogP contribution in [0.25, 0.3) is 11.0 Å². The zero-order valence-electron chi connectivity index (χ0n) is 11.2. The Kier molecular flexibility index (Phi) is 2.89. The molecule has 0 aliphatic rings. The summed E-state index contributed by atoms with van der Waals surface area (Å²) >= 11 is 0. The topological polar surface area (TPSA) is 55.1 Å². The lowest BCUT2D eigenvalue weighted by Gasteiger charge is -2.24. The molecule has 0 bridgehead atoms. The molecule has 96 valence electrons. The molecule has 0 radical (unpaired) electrons. The van der Waals surface area contributed by atoms with Crippen molar-refractivity contribution in [1.29, 1.82) is 0 Å². The molecule has 1 N–H and O–H groups in total. The van der Waals surface area contributed by atoms with Gasteiger partial charge in [0.15, 0.2) is 0 Å². The number of hydrogen-bond donors (Lipinski definition) is 1. The quantitative estimate of drug-likeness (QED) is 0.905. The van der Waals surface area contributed by atoms with Crippen LogP contribution in [0.4, 0.5) is 0 Å². The van der Waals surface area contributed by atoms with E-state index in [2.05, 4.69) is 4.98 Å². The number of nitrogens with zero attached hydrogens (tertiary/aromatic N) is 2. The van der Waals surface area contributed by atoms with Crippen molar-refractivity contribution in [3.05, 3.63) is 29.6 Å². The minimum atomic E-state index is -0.782. The number of aliphatic carboxylic acids is 1. The van der Waals surface area contributed by atoms with Crippen LogP contribution in [0, 0.1) is 6.92 Å². The molecule has 2 aromatic rings. The van der Waals surface area contributed by atoms with Gasteiger partial charge in [0.05, 0.1) is 17.5 Å². The highest BCUT2D eigenvalue weighted by Crippen LogP contribution is 2.33. The fraction of sp³-hybridized carbons (Fsp3) is 0.429. The Morgan fingerprint density at radius 3 is 2.72 bits per heavy atom. The molecule has 0 saturated carbocycles. The number of carboxylic acid groups (broad SMARTS) is 1. The maximum Gasteiger partial charge on any atom is 0.304 e. The van der Waals surface area contributed by atoms with Crippen LogP contribution in [-0.2, 0) is 17.3 Å². The number of aryl methyl sites for hydroxylation is 2. The van der Waals surface area contributed by atoms with E-state index in [1.54, 1.807) is 0 Å². The van der Waals surface area contributed by atoms with E-state index in [4.69, 9.17) is 5.11 Å². The first kappa shape index (κ1) is 12.6. The first-order valence-corrected chi connectivity index (χ1v) is 5.97. The second-order valence-corrected chi connectivity index (χ2v) is 5.35. The second kappa shape index (κ2) is 4.12. The van der Waals surface area contributed by atoms with Crippen LogP contribution in [-0.4, -0.2) is 20.6 Å². The van der Waals surface area contributed by atoms with E-state index in [1.807, 2.05) is 50.6 Å². The Hall–Kier alpha value is -1.84. The van der Waals surface area contributed by atoms with Gasteiger partial charge in [0.25, 0.3) is 0 Å². The summed E-state index contributed by atoms with van der Waals surface area (Å²) in [5.74, 6) is 0.152. The smallest absolute Gasteiger partial charge is 0.304 e. The highest BCUT2D eigenvalue weighted by molar-refractivity contribution is 5.82. The van der Waals surface area contributed by atoms with Crippen molar-refractivity contribution >= 4 is 17.0 Å². The van der Waals surface area contributed by atoms with Gasteiger partial charge in [0.1, 0.15) is 5.82 Å². The molecule has 0 aliphatic carbocycles. The van der Waals surface area contributed by atoms with Crippen LogP contribution < -0.4 is 0 Å². The molecule has 0 unspecified atom stereocenters. The van der Waals surface area contributed by atoms with E-state index < -0.39 is 11.4 Å². The standard InChI is InChI=1S/C14H18N2O2/c1-9-15-11-7-5-6-10(13(11)16(9)4)14(2,3)8-12(17)18/h5-7H,8H2,1-4H3,(H,17,18). The van der Waals surface area contributed by atoms with Gasteiger partial charge in [0.2, 0.25) is 0 Å². The van der Waals surface area contributed by atoms with Gasteiger partial charge in [0, 0.05) is 12.5 Å². The van der Waals surface area contributed by atoms with Crippen LogP contribution in [0.1, 0.15) is 31.7 Å². The summed E-state index contributed by atoms with van der Waals surface area (Å²) in [6.45, 7) is 5.87. The van der Waals surface area contributed by atoms with Crippen LogP contribution in [0.15, 0.2) is 18.2 Å². The SMILES string of the molecule is Cc1nc2cccc(C(C)(C)CC(=O)O)c2n1C. The van der Waals surface area contributed by atoms with Crippen molar-refractivity contribution in [2.45, 2.75) is 32.6 Å². The number of carboxylic acids is 1. The average molecular weight is 246 g/mol. The van der Waals surface area contributed by atoms with E-state index in [0.29, 0.717) is 0 Å². The Morgan fingerprint density at radius 1 is 1.44 bits per heavy atom. The van der Waals surface area contributed by atoms with E-state index >= 15 is 0 Å². The third-order valence-electron chi connectivity index (χ3n) is 3.44. The van der Waals surface area contributed by atoms with E-state index in [1.165, 1.54) is 0 Å². The second-order valence-electron chi connectivity index (χ2n) is 5.35. The summed E-state index contributed by atoms with van der Waals surface area (Å²) in [6, 6.07) is 5.89. The lowest BCUT2D eigenvalue weighted by Crippen LogP contribution is -2.22. The molecule has 18 heavy (non-hydrogen) atoms. The van der Waals surface area contributed by atoms with E-state index in [-0.39, 0.29) is 6.42 Å². The number of hydrogen-bond acceptors (Lipinski definition) is 2. The van der Waals surface area contributed by atoms with Crippen molar-refractivity contribution in [2.75, 3.05) is 0 Å². The highest BCUT2D eigenvalue weighted by Gasteiger charge is 2.27. The maximum absolute atomic E-state index is 11.0. The molecule has 0 fully saturated rings. The number of carbonyl (C=O) groups is 1. The number of benzene rings is 1. The third kappa shape index (κ3) is 1.98. The minimum absolute atomic E-state index is 0.107. The monoisotopic (exact) mass is 246 g/mol. The molecular formula is C14H18N2O2. The van der Waals surface area contributed by atoms with Crippen molar-refractivity contribution in [1.82, 2.24) is 9.55 Å². The molecule has 1 aromatic heterocycles. The summed E-state index contributed by atoms with van der Waals surface area (Å²) in [5, 5.41) is 9.03. The molecule has 1 aromatic carbocycles. The molecule has 0 aliphatic heterocycles. The van der Waals surface area contributed by atoms with E-state index in [0.717, 1.165) is 22.4 Å². The zero-order chi connectivity index (χ0) is 13.5. The Morgan fingerprint density at radius 2 is 2.11 bits per heavy atom. The lowest BCUT2D eigenvalue weighted by molar-refractivity contribution is -0.138. The number of aromatic nitrogens is 2. The van der Waals surface area contributed by atoms with E-state index in [9.17, 15) is 4.79 Å². The Labute approximate surface area is 106 Å². The van der Waals surface area contributed by atoms with Crippen molar-refractivity contribution in [3.8, 4) is 0 Å². The number of rotatable bonds is 3. The molecule has 4 nitrogen and oxygen atoms in total. The summed E-state index contributed by atoms with van der Waals surface area (Å²) in [6.07, 6.45) is 0.107. The van der Waals surface area contributed by atoms with Gasteiger partial charge >= 0.3 is 5.97 Å². The summed E-state index contributed by atoms with van der Waals surface area (Å²) in [4.78, 5) is 15.5. The largest absolute Gasteiger partial charge is 0.481 e. The summed E-state index contributed by atoms with van der Waals surface area (Å²) in [7, 11) is 1.96. The minimum Gasteiger partial charge on any atom is -0.481 e. The van der Waals surface area contributed by atoms with Gasteiger partial charge in [-0.2, -0.15) is 0 Å². The first-order valence-electron chi connectivity index (χ1n) is 5.97. The Bertz CT molecular complexity index is 612. The predicted octanol–water partition coefficient (Wildman–Crippen LogP) is 2.63. The number of fused-ring (bicyclic) bond motifs is 1. The average Bonchev–Trinajstić information content (AvgIpc) is 2.53. The molecular weight excluding hydrogens is 228 g/mol. The molecule has 1 heterocycles. The molecule has 0 amide bonds. The van der Waals surface area contributed by atoms with Crippen molar-refractivity contribution < 1.29 is 9.90 Å². The van der Waals surface area contributed by atoms with Gasteiger partial charge in [-0.15, -0.1) is 0 Å². The molecule has 4 heteroatoms. The van der Waals surface area contributed by atoms with Crippen molar-refractivity contribution in [3.63, 3.8) is 0 Å². The highest BCUT2D eigenvalue weighted by atomic mass is 16.4. The maximum atomic E-state index is 11.0. The normalized spacial score (nSPS) is 12.0. The van der Waals surface area contributed by atoms with Crippen molar-refractivity contribution in [2.24, 2.45) is 7.05 Å². The Balaban J connectivity index is 2.67. The number of para-hydroxylation sites is 1. The van der Waals surface area contributed by atoms with Gasteiger partial charge in [-0.1, -0.05) is 26.0 Å². The van der Waals surface area contributed by atoms with Gasteiger partial charge < -0.3 is 9.67 Å². The fourth-order valence-corrected chi connectivity index (χ4v) is 2.40. The molecule has 0 atom stereocenters. The first-order chi connectivity index (χ1) is 8.33. The third-order valence-corrected chi connectivity index (χ3v) is 3.44. The molecule has 0 spiro atoms. The molecule has 0 saturated heterocycles. The number of imidazole rings is 1.